The molecule has 9 heteroatoms. The molecule has 1 amide bonds. The maximum atomic E-state index is 12.6. The van der Waals surface area contributed by atoms with Crippen LogP contribution in [-0.2, 0) is 27.4 Å². The average Bonchev–Trinajstić information content (AvgIpc) is 3.39. The van der Waals surface area contributed by atoms with Crippen LogP contribution in [0.25, 0.3) is 0 Å². The van der Waals surface area contributed by atoms with Gasteiger partial charge in [-0.1, -0.05) is 0 Å². The SMILES string of the molecule is O=C(C1CC1)N1CCc2cc(S(=O)(=O)Nc3ccc(C(F)(F)F)cc3)ccc21. The average molecular weight is 410 g/mol. The molecule has 4 rings (SSSR count). The number of benzene rings is 2. The third-order valence-corrected chi connectivity index (χ3v) is 6.29. The molecule has 5 nitrogen and oxygen atoms in total. The number of sulfonamides is 1. The van der Waals surface area contributed by atoms with E-state index in [0.717, 1.165) is 48.4 Å². The first-order valence-corrected chi connectivity index (χ1v) is 10.3. The van der Waals surface area contributed by atoms with Crippen LogP contribution in [0, 0.1) is 5.92 Å². The summed E-state index contributed by atoms with van der Waals surface area (Å²) in [6.07, 6.45) is -2.12. The highest BCUT2D eigenvalue weighted by molar-refractivity contribution is 7.92. The predicted molar refractivity (Wildman–Crippen MR) is 97.5 cm³/mol. The lowest BCUT2D eigenvalue weighted by Crippen LogP contribution is -2.30. The Morgan fingerprint density at radius 3 is 2.36 bits per heavy atom. The van der Waals surface area contributed by atoms with Crippen LogP contribution in [0.5, 0.6) is 0 Å². The van der Waals surface area contributed by atoms with Crippen LogP contribution >= 0.6 is 0 Å². The molecule has 1 fully saturated rings. The minimum atomic E-state index is -4.48. The first-order valence-electron chi connectivity index (χ1n) is 8.79. The van der Waals surface area contributed by atoms with Crippen molar-refractivity contribution in [2.24, 2.45) is 5.92 Å². The number of hydrogen-bond acceptors (Lipinski definition) is 3. The number of hydrogen-bond donors (Lipinski definition) is 1. The zero-order chi connectivity index (χ0) is 20.1. The van der Waals surface area contributed by atoms with Crippen molar-refractivity contribution < 1.29 is 26.4 Å². The molecule has 0 bridgehead atoms. The highest BCUT2D eigenvalue weighted by Gasteiger charge is 2.36. The standard InChI is InChI=1S/C19H17F3N2O3S/c20-19(21,22)14-3-5-15(6-4-14)23-28(26,27)16-7-8-17-13(11-16)9-10-24(17)18(25)12-1-2-12/h3-8,11-12,23H,1-2,9-10H2. The zero-order valence-electron chi connectivity index (χ0n) is 14.7. The zero-order valence-corrected chi connectivity index (χ0v) is 15.5. The normalized spacial score (nSPS) is 16.8. The molecule has 1 saturated carbocycles. The van der Waals surface area contributed by atoms with E-state index in [1.54, 1.807) is 11.0 Å². The van der Waals surface area contributed by atoms with Crippen molar-refractivity contribution in [1.82, 2.24) is 0 Å². The van der Waals surface area contributed by atoms with Gasteiger partial charge in [-0.2, -0.15) is 13.2 Å². The smallest absolute Gasteiger partial charge is 0.312 e. The Labute approximate surface area is 160 Å². The summed E-state index contributed by atoms with van der Waals surface area (Å²) in [4.78, 5) is 14.0. The van der Waals surface area contributed by atoms with Gasteiger partial charge in [-0.15, -0.1) is 0 Å². The number of nitrogens with zero attached hydrogens (tertiary/aromatic N) is 1. The Kier molecular flexibility index (Phi) is 4.37. The van der Waals surface area contributed by atoms with Crippen LogP contribution in [0.15, 0.2) is 47.4 Å². The molecule has 1 heterocycles. The first kappa shape index (κ1) is 18.8. The second-order valence-electron chi connectivity index (χ2n) is 6.99. The van der Waals surface area contributed by atoms with Crippen LogP contribution in [0.3, 0.4) is 0 Å². The Morgan fingerprint density at radius 2 is 1.75 bits per heavy atom. The molecule has 28 heavy (non-hydrogen) atoms. The van der Waals surface area contributed by atoms with Crippen LogP contribution in [0.4, 0.5) is 24.5 Å². The van der Waals surface area contributed by atoms with Gasteiger partial charge in [0.15, 0.2) is 0 Å². The lowest BCUT2D eigenvalue weighted by atomic mass is 10.2. The second-order valence-corrected chi connectivity index (χ2v) is 8.67. The van der Waals surface area contributed by atoms with Gasteiger partial charge in [0, 0.05) is 23.8 Å². The lowest BCUT2D eigenvalue weighted by molar-refractivity contribution is -0.137. The second kappa shape index (κ2) is 6.51. The fourth-order valence-corrected chi connectivity index (χ4v) is 4.38. The van der Waals surface area contributed by atoms with Crippen LogP contribution in [0.2, 0.25) is 0 Å². The highest BCUT2D eigenvalue weighted by Crippen LogP contribution is 2.37. The fourth-order valence-electron chi connectivity index (χ4n) is 3.27. The number of rotatable bonds is 4. The van der Waals surface area contributed by atoms with E-state index in [1.807, 2.05) is 0 Å². The van der Waals surface area contributed by atoms with E-state index in [-0.39, 0.29) is 22.4 Å². The summed E-state index contributed by atoms with van der Waals surface area (Å²) in [6, 6.07) is 8.33. The molecule has 1 aliphatic heterocycles. The van der Waals surface area contributed by atoms with E-state index >= 15 is 0 Å². The maximum absolute atomic E-state index is 12.6. The van der Waals surface area contributed by atoms with E-state index in [0.29, 0.717) is 13.0 Å². The summed E-state index contributed by atoms with van der Waals surface area (Å²) >= 11 is 0. The monoisotopic (exact) mass is 410 g/mol. The summed E-state index contributed by atoms with van der Waals surface area (Å²) in [7, 11) is -3.96. The predicted octanol–water partition coefficient (Wildman–Crippen LogP) is 3.81. The molecule has 2 aromatic carbocycles. The Morgan fingerprint density at radius 1 is 1.07 bits per heavy atom. The number of amides is 1. The van der Waals surface area contributed by atoms with Crippen LogP contribution in [0.1, 0.15) is 24.0 Å². The molecule has 148 valence electrons. The molecular weight excluding hydrogens is 393 g/mol. The number of alkyl halides is 3. The Bertz CT molecular complexity index is 1030. The summed E-state index contributed by atoms with van der Waals surface area (Å²) in [6.45, 7) is 0.528. The van der Waals surface area contributed by atoms with Crippen molar-refractivity contribution in [1.29, 1.82) is 0 Å². The fraction of sp³-hybridized carbons (Fsp3) is 0.316. The number of carbonyl (C=O) groups excluding carboxylic acids is 1. The Hall–Kier alpha value is -2.55. The van der Waals surface area contributed by atoms with E-state index in [9.17, 15) is 26.4 Å². The molecule has 2 aliphatic rings. The van der Waals surface area contributed by atoms with Crippen LogP contribution in [-0.4, -0.2) is 20.9 Å². The van der Waals surface area contributed by atoms with Gasteiger partial charge >= 0.3 is 6.18 Å². The summed E-state index contributed by atoms with van der Waals surface area (Å²) in [5.41, 5.74) is 0.683. The number of carbonyl (C=O) groups is 1. The third kappa shape index (κ3) is 3.58. The summed E-state index contributed by atoms with van der Waals surface area (Å²) < 4.78 is 65.4. The van der Waals surface area contributed by atoms with Crippen molar-refractivity contribution in [3.05, 3.63) is 53.6 Å². The minimum absolute atomic E-state index is 0.00636. The molecule has 1 N–H and O–H groups in total. The third-order valence-electron chi connectivity index (χ3n) is 4.91. The summed E-state index contributed by atoms with van der Waals surface area (Å²) in [5, 5.41) is 0. The number of halogens is 3. The largest absolute Gasteiger partial charge is 0.416 e. The molecule has 0 unspecified atom stereocenters. The molecule has 0 atom stereocenters. The van der Waals surface area contributed by atoms with E-state index in [1.165, 1.54) is 12.1 Å². The molecular formula is C19H17F3N2O3S. The van der Waals surface area contributed by atoms with Gasteiger partial charge in [-0.3, -0.25) is 9.52 Å². The topological polar surface area (TPSA) is 66.5 Å². The minimum Gasteiger partial charge on any atom is -0.312 e. The van der Waals surface area contributed by atoms with Gasteiger partial charge < -0.3 is 4.90 Å². The van der Waals surface area contributed by atoms with E-state index in [4.69, 9.17) is 0 Å². The van der Waals surface area contributed by atoms with Crippen molar-refractivity contribution >= 4 is 27.3 Å². The molecule has 0 saturated heterocycles. The number of anilines is 2. The van der Waals surface area contributed by atoms with Crippen LogP contribution < -0.4 is 9.62 Å². The van der Waals surface area contributed by atoms with Gasteiger partial charge in [0.1, 0.15) is 0 Å². The first-order chi connectivity index (χ1) is 13.1. The van der Waals surface area contributed by atoms with Crippen molar-refractivity contribution in [3.8, 4) is 0 Å². The number of nitrogens with one attached hydrogen (secondary N) is 1. The molecule has 1 aliphatic carbocycles. The maximum Gasteiger partial charge on any atom is 0.416 e. The van der Waals surface area contributed by atoms with E-state index < -0.39 is 21.8 Å². The Balaban J connectivity index is 1.54. The number of fused-ring (bicyclic) bond motifs is 1. The molecule has 0 aromatic heterocycles. The molecule has 0 spiro atoms. The summed E-state index contributed by atoms with van der Waals surface area (Å²) in [5.74, 6) is 0.160. The lowest BCUT2D eigenvalue weighted by Gasteiger charge is -2.17. The highest BCUT2D eigenvalue weighted by atomic mass is 32.2. The van der Waals surface area contributed by atoms with Gasteiger partial charge in [0.05, 0.1) is 10.5 Å². The van der Waals surface area contributed by atoms with Crippen molar-refractivity contribution in [2.45, 2.75) is 30.3 Å². The van der Waals surface area contributed by atoms with Crippen molar-refractivity contribution in [3.63, 3.8) is 0 Å². The quantitative estimate of drug-likeness (QED) is 0.834. The molecule has 0 radical (unpaired) electrons. The van der Waals surface area contributed by atoms with Gasteiger partial charge in [0.2, 0.25) is 5.91 Å². The van der Waals surface area contributed by atoms with Gasteiger partial charge in [0.25, 0.3) is 10.0 Å². The van der Waals surface area contributed by atoms with E-state index in [2.05, 4.69) is 4.72 Å². The molecule has 2 aromatic rings. The van der Waals surface area contributed by atoms with Gasteiger partial charge in [-0.05, 0) is 67.3 Å². The van der Waals surface area contributed by atoms with Crippen molar-refractivity contribution in [2.75, 3.05) is 16.2 Å². The van der Waals surface area contributed by atoms with Gasteiger partial charge in [-0.25, -0.2) is 8.42 Å².